The molecule has 2 fully saturated rings. The van der Waals surface area contributed by atoms with E-state index in [1.807, 2.05) is 45.0 Å². The molecule has 2 aromatic heterocycles. The third kappa shape index (κ3) is 4.87. The van der Waals surface area contributed by atoms with Crippen molar-refractivity contribution in [3.63, 3.8) is 0 Å². The molecule has 0 bridgehead atoms. The predicted octanol–water partition coefficient (Wildman–Crippen LogP) is 4.12. The average molecular weight is 491 g/mol. The van der Waals surface area contributed by atoms with Crippen molar-refractivity contribution in [2.45, 2.75) is 78.0 Å². The van der Waals surface area contributed by atoms with Gasteiger partial charge < -0.3 is 24.9 Å². The standard InChI is InChI=1S/C29H38N4O3/c1-18-13-19(2)31-27(34)24(18)14-30-28(35)26-20(3)33(25-8-6-5-7-23(25)26)15-21-9-11-22(12-10-21)32-29(4)16-36-17-29/h5-8,13,21-22,32H,9-12,14-17H2,1-4H3,(H,30,35)(H,31,34). The number of para-hydroxylation sites is 1. The van der Waals surface area contributed by atoms with Gasteiger partial charge in [-0.25, -0.2) is 0 Å². The fourth-order valence-corrected chi connectivity index (χ4v) is 6.04. The number of amides is 1. The van der Waals surface area contributed by atoms with E-state index >= 15 is 0 Å². The van der Waals surface area contributed by atoms with Gasteiger partial charge in [-0.2, -0.15) is 0 Å². The lowest BCUT2D eigenvalue weighted by molar-refractivity contribution is -0.0717. The molecule has 1 saturated carbocycles. The highest BCUT2D eigenvalue weighted by Gasteiger charge is 2.36. The summed E-state index contributed by atoms with van der Waals surface area (Å²) in [5.41, 5.74) is 5.11. The van der Waals surface area contributed by atoms with Crippen molar-refractivity contribution in [3.05, 3.63) is 68.8 Å². The molecule has 192 valence electrons. The van der Waals surface area contributed by atoms with Crippen LogP contribution in [0.5, 0.6) is 0 Å². The van der Waals surface area contributed by atoms with E-state index in [9.17, 15) is 9.59 Å². The predicted molar refractivity (Wildman–Crippen MR) is 142 cm³/mol. The molecule has 3 aromatic rings. The van der Waals surface area contributed by atoms with Crippen LogP contribution >= 0.6 is 0 Å². The smallest absolute Gasteiger partial charge is 0.254 e. The highest BCUT2D eigenvalue weighted by Crippen LogP contribution is 2.32. The number of H-pyrrole nitrogens is 1. The fourth-order valence-electron chi connectivity index (χ4n) is 6.04. The van der Waals surface area contributed by atoms with E-state index in [1.54, 1.807) is 0 Å². The molecule has 1 aliphatic heterocycles. The van der Waals surface area contributed by atoms with Gasteiger partial charge in [-0.05, 0) is 77.0 Å². The first-order chi connectivity index (χ1) is 17.2. The molecular weight excluding hydrogens is 452 g/mol. The number of aromatic nitrogens is 2. The van der Waals surface area contributed by atoms with Crippen molar-refractivity contribution in [3.8, 4) is 0 Å². The number of carbonyl (C=O) groups excluding carboxylic acids is 1. The summed E-state index contributed by atoms with van der Waals surface area (Å²) >= 11 is 0. The van der Waals surface area contributed by atoms with Crippen LogP contribution in [-0.2, 0) is 17.8 Å². The van der Waals surface area contributed by atoms with E-state index in [4.69, 9.17) is 4.74 Å². The molecule has 1 amide bonds. The molecule has 7 heteroatoms. The highest BCUT2D eigenvalue weighted by atomic mass is 16.5. The SMILES string of the molecule is Cc1cc(C)c(CNC(=O)c2c(C)n(CC3CCC(NC4(C)COC4)CC3)c3ccccc23)c(=O)[nH]1. The van der Waals surface area contributed by atoms with Gasteiger partial charge in [0.15, 0.2) is 0 Å². The largest absolute Gasteiger partial charge is 0.377 e. The Hall–Kier alpha value is -2.90. The summed E-state index contributed by atoms with van der Waals surface area (Å²) in [7, 11) is 0. The first kappa shape index (κ1) is 24.8. The number of nitrogens with zero attached hydrogens (tertiary/aromatic N) is 1. The Bertz CT molecular complexity index is 1330. The summed E-state index contributed by atoms with van der Waals surface area (Å²) < 4.78 is 7.73. The fraction of sp³-hybridized carbons (Fsp3) is 0.517. The van der Waals surface area contributed by atoms with Gasteiger partial charge in [0.05, 0.1) is 24.3 Å². The normalized spacial score (nSPS) is 21.3. The van der Waals surface area contributed by atoms with Crippen LogP contribution in [0.4, 0.5) is 0 Å². The third-order valence-corrected chi connectivity index (χ3v) is 8.06. The molecule has 1 aliphatic carbocycles. The number of aryl methyl sites for hydroxylation is 2. The summed E-state index contributed by atoms with van der Waals surface area (Å²) in [4.78, 5) is 28.6. The third-order valence-electron chi connectivity index (χ3n) is 8.06. The lowest BCUT2D eigenvalue weighted by Gasteiger charge is -2.43. The van der Waals surface area contributed by atoms with Crippen LogP contribution in [0.3, 0.4) is 0 Å². The van der Waals surface area contributed by atoms with Crippen molar-refractivity contribution < 1.29 is 9.53 Å². The van der Waals surface area contributed by atoms with Crippen molar-refractivity contribution in [2.75, 3.05) is 13.2 Å². The Morgan fingerprint density at radius 1 is 1.14 bits per heavy atom. The molecular formula is C29H38N4O3. The average Bonchev–Trinajstić information content (AvgIpc) is 3.09. The van der Waals surface area contributed by atoms with Crippen LogP contribution in [0, 0.1) is 26.7 Å². The Morgan fingerprint density at radius 3 is 2.53 bits per heavy atom. The van der Waals surface area contributed by atoms with Crippen LogP contribution in [0.15, 0.2) is 35.1 Å². The molecule has 0 unspecified atom stereocenters. The number of aromatic amines is 1. The van der Waals surface area contributed by atoms with Gasteiger partial charge in [-0.15, -0.1) is 0 Å². The second-order valence-electron chi connectivity index (χ2n) is 11.1. The highest BCUT2D eigenvalue weighted by molar-refractivity contribution is 6.08. The first-order valence-corrected chi connectivity index (χ1v) is 13.1. The zero-order valence-corrected chi connectivity index (χ0v) is 21.9. The maximum absolute atomic E-state index is 13.4. The minimum Gasteiger partial charge on any atom is -0.377 e. The van der Waals surface area contributed by atoms with Gasteiger partial charge in [0.25, 0.3) is 11.5 Å². The minimum absolute atomic E-state index is 0.134. The van der Waals surface area contributed by atoms with E-state index in [2.05, 4.69) is 33.2 Å². The monoisotopic (exact) mass is 490 g/mol. The Balaban J connectivity index is 1.31. The number of nitrogens with one attached hydrogen (secondary N) is 3. The number of hydrogen-bond acceptors (Lipinski definition) is 4. The molecule has 0 spiro atoms. The molecule has 7 nitrogen and oxygen atoms in total. The van der Waals surface area contributed by atoms with Crippen LogP contribution in [0.25, 0.3) is 10.9 Å². The van der Waals surface area contributed by atoms with E-state index in [0.717, 1.165) is 47.6 Å². The molecule has 3 heterocycles. The first-order valence-electron chi connectivity index (χ1n) is 13.1. The van der Waals surface area contributed by atoms with Crippen LogP contribution in [-0.4, -0.2) is 40.3 Å². The summed E-state index contributed by atoms with van der Waals surface area (Å²) in [5.74, 6) is 0.457. The minimum atomic E-state index is -0.143. The van der Waals surface area contributed by atoms with E-state index in [-0.39, 0.29) is 23.6 Å². The maximum atomic E-state index is 13.4. The Labute approximate surface area is 212 Å². The van der Waals surface area contributed by atoms with Crippen molar-refractivity contribution in [1.29, 1.82) is 0 Å². The van der Waals surface area contributed by atoms with Crippen LogP contribution in [0.2, 0.25) is 0 Å². The second-order valence-corrected chi connectivity index (χ2v) is 11.1. The van der Waals surface area contributed by atoms with Gasteiger partial charge >= 0.3 is 0 Å². The number of hydrogen-bond donors (Lipinski definition) is 3. The van der Waals surface area contributed by atoms with E-state index in [0.29, 0.717) is 23.1 Å². The van der Waals surface area contributed by atoms with Crippen LogP contribution in [0.1, 0.15) is 65.5 Å². The quantitative estimate of drug-likeness (QED) is 0.465. The molecule has 0 atom stereocenters. The van der Waals surface area contributed by atoms with Crippen molar-refractivity contribution >= 4 is 16.8 Å². The molecule has 1 saturated heterocycles. The zero-order valence-electron chi connectivity index (χ0n) is 21.9. The molecule has 0 radical (unpaired) electrons. The summed E-state index contributed by atoms with van der Waals surface area (Å²) in [6.45, 7) is 10.8. The molecule has 3 N–H and O–H groups in total. The van der Waals surface area contributed by atoms with Gasteiger partial charge in [0.2, 0.25) is 0 Å². The number of ether oxygens (including phenoxy) is 1. The van der Waals surface area contributed by atoms with Gasteiger partial charge in [0, 0.05) is 47.0 Å². The molecule has 2 aliphatic rings. The summed E-state index contributed by atoms with van der Waals surface area (Å²) in [6, 6.07) is 10.7. The molecule has 36 heavy (non-hydrogen) atoms. The number of pyridine rings is 1. The van der Waals surface area contributed by atoms with E-state index in [1.165, 1.54) is 25.7 Å². The lowest BCUT2D eigenvalue weighted by Crippen LogP contribution is -2.61. The number of carbonyl (C=O) groups is 1. The van der Waals surface area contributed by atoms with Gasteiger partial charge in [-0.3, -0.25) is 9.59 Å². The Kier molecular flexibility index (Phi) is 6.79. The molecule has 1 aromatic carbocycles. The number of benzene rings is 1. The Morgan fingerprint density at radius 2 is 1.86 bits per heavy atom. The maximum Gasteiger partial charge on any atom is 0.254 e. The number of fused-ring (bicyclic) bond motifs is 1. The van der Waals surface area contributed by atoms with Gasteiger partial charge in [0.1, 0.15) is 0 Å². The van der Waals surface area contributed by atoms with Crippen LogP contribution < -0.4 is 16.2 Å². The van der Waals surface area contributed by atoms with Crippen molar-refractivity contribution in [2.24, 2.45) is 5.92 Å². The van der Waals surface area contributed by atoms with E-state index < -0.39 is 0 Å². The topological polar surface area (TPSA) is 88.2 Å². The van der Waals surface area contributed by atoms with Gasteiger partial charge in [-0.1, -0.05) is 18.2 Å². The summed E-state index contributed by atoms with van der Waals surface area (Å²) in [6.07, 6.45) is 4.71. The second kappa shape index (κ2) is 9.87. The van der Waals surface area contributed by atoms with Crippen molar-refractivity contribution in [1.82, 2.24) is 20.2 Å². The zero-order chi connectivity index (χ0) is 25.4. The summed E-state index contributed by atoms with van der Waals surface area (Å²) in [5, 5.41) is 7.79. The lowest BCUT2D eigenvalue weighted by atomic mass is 9.84. The number of rotatable bonds is 7. The molecule has 5 rings (SSSR count).